The lowest BCUT2D eigenvalue weighted by Crippen LogP contribution is -2.42. The van der Waals surface area contributed by atoms with Gasteiger partial charge < -0.3 is 20.7 Å². The van der Waals surface area contributed by atoms with E-state index in [1.165, 1.54) is 6.07 Å². The highest BCUT2D eigenvalue weighted by Crippen LogP contribution is 2.18. The van der Waals surface area contributed by atoms with Crippen molar-refractivity contribution >= 4 is 34.5 Å². The molecule has 0 bridgehead atoms. The predicted molar refractivity (Wildman–Crippen MR) is 120 cm³/mol. The lowest BCUT2D eigenvalue weighted by Gasteiger charge is -2.16. The number of amides is 2. The van der Waals surface area contributed by atoms with Crippen molar-refractivity contribution in [3.8, 4) is 0 Å². The quantitative estimate of drug-likeness (QED) is 0.360. The lowest BCUT2D eigenvalue weighted by atomic mass is 10.1. The molecule has 1 aromatic heterocycles. The first kappa shape index (κ1) is 20.8. The van der Waals surface area contributed by atoms with Crippen molar-refractivity contribution in [2.45, 2.75) is 12.5 Å². The summed E-state index contributed by atoms with van der Waals surface area (Å²) in [5.74, 6) is -2.16. The summed E-state index contributed by atoms with van der Waals surface area (Å²) >= 11 is 0. The number of aromatic amines is 1. The van der Waals surface area contributed by atoms with Crippen LogP contribution in [0.15, 0.2) is 78.9 Å². The predicted octanol–water partition coefficient (Wildman–Crippen LogP) is 3.24. The molecule has 0 aliphatic heterocycles. The zero-order valence-electron chi connectivity index (χ0n) is 16.9. The molecule has 0 fully saturated rings. The number of carbonyl (C=O) groups is 3. The van der Waals surface area contributed by atoms with Gasteiger partial charge in [-0.15, -0.1) is 0 Å². The standard InChI is InChI=1S/C24H20N4O4/c29-22(28-20(24(31)32)14-15-8-2-1-3-9-15)16-10-4-5-11-17(16)27-23(30)21-25-18-12-6-7-13-19(18)26-21/h1-13,20H,14H2,(H,25,26)(H,27,30)(H,28,29)(H,31,32). The fraction of sp³-hybridized carbons (Fsp3) is 0.0833. The number of imidazole rings is 1. The molecule has 32 heavy (non-hydrogen) atoms. The first-order valence-electron chi connectivity index (χ1n) is 9.94. The zero-order valence-corrected chi connectivity index (χ0v) is 16.9. The second kappa shape index (κ2) is 9.13. The first-order chi connectivity index (χ1) is 15.5. The van der Waals surface area contributed by atoms with E-state index in [-0.39, 0.29) is 23.5 Å². The molecule has 1 heterocycles. The van der Waals surface area contributed by atoms with Crippen LogP contribution in [0.4, 0.5) is 5.69 Å². The van der Waals surface area contributed by atoms with Crippen LogP contribution >= 0.6 is 0 Å². The van der Waals surface area contributed by atoms with Crippen molar-refractivity contribution in [3.05, 3.63) is 95.8 Å². The summed E-state index contributed by atoms with van der Waals surface area (Å²) in [6.45, 7) is 0. The number of carboxylic acid groups (broad SMARTS) is 1. The van der Waals surface area contributed by atoms with Crippen LogP contribution in [0.2, 0.25) is 0 Å². The number of carbonyl (C=O) groups excluding carboxylic acids is 2. The molecule has 8 heteroatoms. The number of hydrogen-bond acceptors (Lipinski definition) is 4. The largest absolute Gasteiger partial charge is 0.480 e. The van der Waals surface area contributed by atoms with Crippen LogP contribution in [0, 0.1) is 0 Å². The summed E-state index contributed by atoms with van der Waals surface area (Å²) in [7, 11) is 0. The van der Waals surface area contributed by atoms with Crippen LogP contribution in [0.3, 0.4) is 0 Å². The second-order valence-electron chi connectivity index (χ2n) is 7.16. The van der Waals surface area contributed by atoms with Crippen LogP contribution in [-0.4, -0.2) is 38.9 Å². The van der Waals surface area contributed by atoms with Gasteiger partial charge in [0.05, 0.1) is 22.3 Å². The number of nitrogens with one attached hydrogen (secondary N) is 3. The molecule has 2 amide bonds. The second-order valence-corrected chi connectivity index (χ2v) is 7.16. The molecule has 0 saturated heterocycles. The third-order valence-corrected chi connectivity index (χ3v) is 4.91. The van der Waals surface area contributed by atoms with Crippen molar-refractivity contribution in [3.63, 3.8) is 0 Å². The third kappa shape index (κ3) is 4.65. The van der Waals surface area contributed by atoms with Crippen molar-refractivity contribution < 1.29 is 19.5 Å². The number of nitrogens with zero attached hydrogens (tertiary/aromatic N) is 1. The Morgan fingerprint density at radius 3 is 2.31 bits per heavy atom. The summed E-state index contributed by atoms with van der Waals surface area (Å²) in [6.07, 6.45) is 0.134. The minimum Gasteiger partial charge on any atom is -0.480 e. The molecule has 0 saturated carbocycles. The number of anilines is 1. The van der Waals surface area contributed by atoms with Crippen LogP contribution < -0.4 is 10.6 Å². The maximum absolute atomic E-state index is 12.9. The Morgan fingerprint density at radius 2 is 1.56 bits per heavy atom. The monoisotopic (exact) mass is 428 g/mol. The summed E-state index contributed by atoms with van der Waals surface area (Å²) in [6, 6.07) is 21.5. The summed E-state index contributed by atoms with van der Waals surface area (Å²) in [5, 5.41) is 14.8. The smallest absolute Gasteiger partial charge is 0.326 e. The van der Waals surface area contributed by atoms with Crippen molar-refractivity contribution in [1.29, 1.82) is 0 Å². The van der Waals surface area contributed by atoms with E-state index in [9.17, 15) is 19.5 Å². The number of aromatic nitrogens is 2. The van der Waals surface area contributed by atoms with Gasteiger partial charge in [0.1, 0.15) is 6.04 Å². The molecule has 4 N–H and O–H groups in total. The number of hydrogen-bond donors (Lipinski definition) is 4. The van der Waals surface area contributed by atoms with Gasteiger partial charge in [-0.1, -0.05) is 54.6 Å². The molecule has 0 radical (unpaired) electrons. The van der Waals surface area contributed by atoms with Gasteiger partial charge in [-0.25, -0.2) is 9.78 Å². The Labute approximate surface area is 183 Å². The summed E-state index contributed by atoms with van der Waals surface area (Å²) in [5.41, 5.74) is 2.55. The van der Waals surface area contributed by atoms with Gasteiger partial charge in [0.15, 0.2) is 5.82 Å². The first-order valence-corrected chi connectivity index (χ1v) is 9.94. The molecular weight excluding hydrogens is 408 g/mol. The van der Waals surface area contributed by atoms with Crippen molar-refractivity contribution in [2.75, 3.05) is 5.32 Å². The van der Waals surface area contributed by atoms with Gasteiger partial charge in [0.2, 0.25) is 0 Å². The van der Waals surface area contributed by atoms with E-state index >= 15 is 0 Å². The molecule has 3 aromatic carbocycles. The average Bonchev–Trinajstić information content (AvgIpc) is 3.24. The average molecular weight is 428 g/mol. The SMILES string of the molecule is O=C(Nc1ccccc1C(=O)NC(Cc1ccccc1)C(=O)O)c1nc2ccccc2[nH]1. The molecule has 0 aliphatic rings. The normalized spacial score (nSPS) is 11.6. The number of benzene rings is 3. The molecule has 160 valence electrons. The van der Waals surface area contributed by atoms with E-state index in [0.29, 0.717) is 11.0 Å². The van der Waals surface area contributed by atoms with Gasteiger partial charge in [-0.2, -0.15) is 0 Å². The number of fused-ring (bicyclic) bond motifs is 1. The van der Waals surface area contributed by atoms with Crippen LogP contribution in [-0.2, 0) is 11.2 Å². The molecule has 1 atom stereocenters. The highest BCUT2D eigenvalue weighted by molar-refractivity contribution is 6.08. The molecule has 1 unspecified atom stereocenters. The molecule has 4 rings (SSSR count). The maximum Gasteiger partial charge on any atom is 0.326 e. The lowest BCUT2D eigenvalue weighted by molar-refractivity contribution is -0.139. The Balaban J connectivity index is 1.52. The van der Waals surface area contributed by atoms with Crippen LogP contribution in [0.25, 0.3) is 11.0 Å². The fourth-order valence-electron chi connectivity index (χ4n) is 3.32. The van der Waals surface area contributed by atoms with Gasteiger partial charge in [0.25, 0.3) is 11.8 Å². The van der Waals surface area contributed by atoms with Crippen LogP contribution in [0.1, 0.15) is 26.5 Å². The Bertz CT molecular complexity index is 1250. The topological polar surface area (TPSA) is 124 Å². The van der Waals surface area contributed by atoms with Crippen LogP contribution in [0.5, 0.6) is 0 Å². The number of carboxylic acids is 1. The van der Waals surface area contributed by atoms with E-state index in [2.05, 4.69) is 20.6 Å². The van der Waals surface area contributed by atoms with E-state index < -0.39 is 23.8 Å². The van der Waals surface area contributed by atoms with Gasteiger partial charge >= 0.3 is 5.97 Å². The molecule has 0 aliphatic carbocycles. The summed E-state index contributed by atoms with van der Waals surface area (Å²) < 4.78 is 0. The molecule has 0 spiro atoms. The highest BCUT2D eigenvalue weighted by Gasteiger charge is 2.23. The highest BCUT2D eigenvalue weighted by atomic mass is 16.4. The minimum atomic E-state index is -1.15. The number of para-hydroxylation sites is 3. The van der Waals surface area contributed by atoms with Gasteiger partial charge in [0, 0.05) is 6.42 Å². The molecular formula is C24H20N4O4. The zero-order chi connectivity index (χ0) is 22.5. The Morgan fingerprint density at radius 1 is 0.875 bits per heavy atom. The van der Waals surface area contributed by atoms with E-state index in [4.69, 9.17) is 0 Å². The van der Waals surface area contributed by atoms with Crippen molar-refractivity contribution in [2.24, 2.45) is 0 Å². The Hall–Kier alpha value is -4.46. The van der Waals surface area contributed by atoms with Gasteiger partial charge in [-0.05, 0) is 29.8 Å². The Kier molecular flexibility index (Phi) is 5.94. The van der Waals surface area contributed by atoms with E-state index in [1.807, 2.05) is 18.2 Å². The number of H-pyrrole nitrogens is 1. The number of rotatable bonds is 7. The summed E-state index contributed by atoms with van der Waals surface area (Å²) in [4.78, 5) is 44.5. The molecule has 8 nitrogen and oxygen atoms in total. The van der Waals surface area contributed by atoms with E-state index in [1.54, 1.807) is 54.6 Å². The fourth-order valence-corrected chi connectivity index (χ4v) is 3.32. The van der Waals surface area contributed by atoms with E-state index in [0.717, 1.165) is 5.56 Å². The maximum atomic E-state index is 12.9. The van der Waals surface area contributed by atoms with Gasteiger partial charge in [-0.3, -0.25) is 9.59 Å². The third-order valence-electron chi connectivity index (χ3n) is 4.91. The number of aliphatic carboxylic acids is 1. The van der Waals surface area contributed by atoms with Crippen molar-refractivity contribution in [1.82, 2.24) is 15.3 Å². The minimum absolute atomic E-state index is 0.105. The molecule has 4 aromatic rings.